The van der Waals surface area contributed by atoms with Gasteiger partial charge in [-0.05, 0) is 11.5 Å². The molecule has 1 rings (SSSR count). The molecule has 4 heteroatoms. The van der Waals surface area contributed by atoms with Gasteiger partial charge in [0.15, 0.2) is 5.76 Å². The topological polar surface area (TPSA) is 70.3 Å². The van der Waals surface area contributed by atoms with Gasteiger partial charge in [-0.25, -0.2) is 0 Å². The summed E-state index contributed by atoms with van der Waals surface area (Å²) >= 11 is 0. The van der Waals surface area contributed by atoms with Gasteiger partial charge in [0, 0.05) is 5.92 Å². The molecule has 1 saturated carbocycles. The van der Waals surface area contributed by atoms with Gasteiger partial charge in [0.05, 0.1) is 13.0 Å². The predicted molar refractivity (Wildman–Crippen MR) is 49.1 cm³/mol. The average Bonchev–Trinajstić information content (AvgIpc) is 2.63. The van der Waals surface area contributed by atoms with Crippen molar-refractivity contribution in [3.63, 3.8) is 0 Å². The van der Waals surface area contributed by atoms with E-state index in [4.69, 9.17) is 15.1 Å². The average molecular weight is 195 g/mol. The van der Waals surface area contributed by atoms with Crippen molar-refractivity contribution in [3.05, 3.63) is 11.8 Å². The van der Waals surface area contributed by atoms with E-state index in [2.05, 4.69) is 0 Å². The number of allylic oxidation sites excluding steroid dienone is 2. The highest BCUT2D eigenvalue weighted by Gasteiger charge is 2.61. The Kier molecular flexibility index (Phi) is 2.52. The Morgan fingerprint density at radius 2 is 2.21 bits per heavy atom. The smallest absolute Gasteiger partial charge is 0.307 e. The van der Waals surface area contributed by atoms with E-state index in [0.717, 1.165) is 0 Å². The van der Waals surface area contributed by atoms with Crippen molar-refractivity contribution in [1.29, 1.82) is 5.26 Å². The zero-order chi connectivity index (χ0) is 10.9. The fourth-order valence-electron chi connectivity index (χ4n) is 1.77. The van der Waals surface area contributed by atoms with E-state index in [1.807, 2.05) is 19.9 Å². The Morgan fingerprint density at radius 1 is 1.64 bits per heavy atom. The van der Waals surface area contributed by atoms with Crippen molar-refractivity contribution in [2.24, 2.45) is 17.3 Å². The summed E-state index contributed by atoms with van der Waals surface area (Å²) < 4.78 is 4.78. The van der Waals surface area contributed by atoms with Gasteiger partial charge in [-0.15, -0.1) is 0 Å². The van der Waals surface area contributed by atoms with Crippen molar-refractivity contribution in [3.8, 4) is 6.07 Å². The van der Waals surface area contributed by atoms with Crippen molar-refractivity contribution in [2.45, 2.75) is 13.8 Å². The molecule has 0 aromatic carbocycles. The van der Waals surface area contributed by atoms with Crippen LogP contribution in [-0.4, -0.2) is 18.2 Å². The van der Waals surface area contributed by atoms with Crippen LogP contribution >= 0.6 is 0 Å². The Balaban J connectivity index is 2.80. The van der Waals surface area contributed by atoms with Crippen LogP contribution in [0.4, 0.5) is 0 Å². The van der Waals surface area contributed by atoms with E-state index in [9.17, 15) is 4.79 Å². The number of hydrogen-bond acceptors (Lipinski definition) is 3. The Morgan fingerprint density at radius 3 is 2.50 bits per heavy atom. The lowest BCUT2D eigenvalue weighted by atomic mass is 10.1. The standard InChI is InChI=1S/C10H13NO3/c1-10(2)7(8(10)9(12)13)4-6(5-11)14-3/h4,7-8H,1-3H3,(H,12,13)/t7-,8-/m0/s1. The molecular weight excluding hydrogens is 182 g/mol. The summed E-state index contributed by atoms with van der Waals surface area (Å²) in [5.41, 5.74) is -0.271. The number of carbonyl (C=O) groups is 1. The van der Waals surface area contributed by atoms with E-state index < -0.39 is 11.9 Å². The number of nitrogens with zero attached hydrogens (tertiary/aromatic N) is 1. The summed E-state index contributed by atoms with van der Waals surface area (Å²) in [6.45, 7) is 3.75. The normalized spacial score (nSPS) is 29.1. The second kappa shape index (κ2) is 3.33. The van der Waals surface area contributed by atoms with Gasteiger partial charge >= 0.3 is 5.97 Å². The molecular formula is C10H13NO3. The molecule has 76 valence electrons. The largest absolute Gasteiger partial charge is 0.487 e. The Hall–Kier alpha value is -1.50. The van der Waals surface area contributed by atoms with Gasteiger partial charge in [-0.3, -0.25) is 4.79 Å². The summed E-state index contributed by atoms with van der Waals surface area (Å²) in [6.07, 6.45) is 1.60. The third-order valence-corrected chi connectivity index (χ3v) is 2.84. The van der Waals surface area contributed by atoms with E-state index >= 15 is 0 Å². The summed E-state index contributed by atoms with van der Waals surface area (Å²) in [7, 11) is 1.40. The van der Waals surface area contributed by atoms with Crippen molar-refractivity contribution >= 4 is 5.97 Å². The van der Waals surface area contributed by atoms with Gasteiger partial charge in [-0.2, -0.15) is 5.26 Å². The molecule has 0 aliphatic heterocycles. The molecule has 0 spiro atoms. The maximum atomic E-state index is 10.8. The van der Waals surface area contributed by atoms with Gasteiger partial charge in [-0.1, -0.05) is 13.8 Å². The molecule has 0 heterocycles. The molecule has 0 aromatic rings. The van der Waals surface area contributed by atoms with Crippen LogP contribution in [0.25, 0.3) is 0 Å². The third kappa shape index (κ3) is 1.58. The van der Waals surface area contributed by atoms with Crippen LogP contribution < -0.4 is 0 Å². The van der Waals surface area contributed by atoms with E-state index in [1.165, 1.54) is 7.11 Å². The van der Waals surface area contributed by atoms with E-state index in [-0.39, 0.29) is 17.1 Å². The lowest BCUT2D eigenvalue weighted by Crippen LogP contribution is -2.03. The Bertz CT molecular complexity index is 325. The minimum atomic E-state index is -0.815. The molecule has 14 heavy (non-hydrogen) atoms. The Labute approximate surface area is 82.8 Å². The first-order valence-corrected chi connectivity index (χ1v) is 4.34. The number of hydrogen-bond donors (Lipinski definition) is 1. The molecule has 0 aromatic heterocycles. The van der Waals surface area contributed by atoms with Gasteiger partial charge in [0.1, 0.15) is 6.07 Å². The minimum Gasteiger partial charge on any atom is -0.487 e. The highest BCUT2D eigenvalue weighted by molar-refractivity contribution is 5.76. The van der Waals surface area contributed by atoms with Gasteiger partial charge in [0.25, 0.3) is 0 Å². The summed E-state index contributed by atoms with van der Waals surface area (Å²) in [6, 6.07) is 1.87. The minimum absolute atomic E-state index is 0.102. The molecule has 0 saturated heterocycles. The van der Waals surface area contributed by atoms with Crippen molar-refractivity contribution in [2.75, 3.05) is 7.11 Å². The number of nitriles is 1. The zero-order valence-electron chi connectivity index (χ0n) is 8.44. The highest BCUT2D eigenvalue weighted by Crippen LogP contribution is 2.59. The first-order valence-electron chi connectivity index (χ1n) is 4.34. The zero-order valence-corrected chi connectivity index (χ0v) is 8.44. The maximum Gasteiger partial charge on any atom is 0.307 e. The van der Waals surface area contributed by atoms with Crippen LogP contribution in [0.5, 0.6) is 0 Å². The fourth-order valence-corrected chi connectivity index (χ4v) is 1.77. The van der Waals surface area contributed by atoms with Crippen LogP contribution in [0, 0.1) is 28.6 Å². The number of ether oxygens (including phenoxy) is 1. The molecule has 0 unspecified atom stereocenters. The summed E-state index contributed by atoms with van der Waals surface area (Å²) in [4.78, 5) is 10.8. The SMILES string of the molecule is COC(C#N)=C[C@H]1[C@@H](C(=O)O)C1(C)C. The van der Waals surface area contributed by atoms with Crippen LogP contribution in [0.3, 0.4) is 0 Å². The second-order valence-corrected chi connectivity index (χ2v) is 4.01. The molecule has 1 N–H and O–H groups in total. The monoisotopic (exact) mass is 195 g/mol. The number of methoxy groups -OCH3 is 1. The number of rotatable bonds is 3. The van der Waals surface area contributed by atoms with Crippen LogP contribution in [0.15, 0.2) is 11.8 Å². The molecule has 2 atom stereocenters. The van der Waals surface area contributed by atoms with E-state index in [0.29, 0.717) is 0 Å². The van der Waals surface area contributed by atoms with E-state index in [1.54, 1.807) is 6.08 Å². The van der Waals surface area contributed by atoms with Crippen molar-refractivity contribution in [1.82, 2.24) is 0 Å². The number of aliphatic carboxylic acids is 1. The lowest BCUT2D eigenvalue weighted by molar-refractivity contribution is -0.139. The van der Waals surface area contributed by atoms with Gasteiger partial charge in [0.2, 0.25) is 0 Å². The van der Waals surface area contributed by atoms with Crippen LogP contribution in [0.2, 0.25) is 0 Å². The van der Waals surface area contributed by atoms with Crippen molar-refractivity contribution < 1.29 is 14.6 Å². The summed E-state index contributed by atoms with van der Waals surface area (Å²) in [5.74, 6) is -1.13. The molecule has 0 bridgehead atoms. The molecule has 1 aliphatic rings. The first-order chi connectivity index (χ1) is 6.45. The molecule has 1 aliphatic carbocycles. The highest BCUT2D eigenvalue weighted by atomic mass is 16.5. The molecule has 1 fully saturated rings. The van der Waals surface area contributed by atoms with Gasteiger partial charge < -0.3 is 9.84 Å². The van der Waals surface area contributed by atoms with Crippen LogP contribution in [0.1, 0.15) is 13.8 Å². The summed E-state index contributed by atoms with van der Waals surface area (Å²) in [5, 5.41) is 17.5. The maximum absolute atomic E-state index is 10.8. The number of carboxylic acids is 1. The fraction of sp³-hybridized carbons (Fsp3) is 0.600. The predicted octanol–water partition coefficient (Wildman–Crippen LogP) is 1.40. The number of carboxylic acid groups (broad SMARTS) is 1. The molecule has 0 radical (unpaired) electrons. The first kappa shape index (κ1) is 10.6. The molecule has 0 amide bonds. The second-order valence-electron chi connectivity index (χ2n) is 4.01. The lowest BCUT2D eigenvalue weighted by Gasteiger charge is -1.97. The van der Waals surface area contributed by atoms with Crippen LogP contribution in [-0.2, 0) is 9.53 Å². The third-order valence-electron chi connectivity index (χ3n) is 2.84. The quantitative estimate of drug-likeness (QED) is 0.545. The molecule has 4 nitrogen and oxygen atoms in total.